The molecule has 7 nitrogen and oxygen atoms in total. The molecule has 0 aliphatic carbocycles. The summed E-state index contributed by atoms with van der Waals surface area (Å²) in [6.45, 7) is 8.55. The first-order valence-electron chi connectivity index (χ1n) is 10.5. The van der Waals surface area contributed by atoms with Gasteiger partial charge in [0.15, 0.2) is 5.16 Å². The Balaban J connectivity index is 1.62. The first kappa shape index (κ1) is 20.2. The predicted molar refractivity (Wildman–Crippen MR) is 124 cm³/mol. The Morgan fingerprint density at radius 1 is 1.06 bits per heavy atom. The smallest absolute Gasteiger partial charge is 0.267 e. The molecule has 1 aliphatic rings. The SMILES string of the molecule is Cc1ccc(C)c(-n2c(=O)c3ccccc3n3c(SCCN4CCOCC4)nnc23)c1. The van der Waals surface area contributed by atoms with Crippen LogP contribution in [-0.4, -0.2) is 62.7 Å². The normalized spacial score (nSPS) is 15.2. The minimum Gasteiger partial charge on any atom is -0.379 e. The van der Waals surface area contributed by atoms with Gasteiger partial charge in [-0.1, -0.05) is 36.0 Å². The lowest BCUT2D eigenvalue weighted by molar-refractivity contribution is 0.0410. The molecule has 8 heteroatoms. The van der Waals surface area contributed by atoms with E-state index < -0.39 is 0 Å². The Kier molecular flexibility index (Phi) is 5.52. The minimum absolute atomic E-state index is 0.0749. The van der Waals surface area contributed by atoms with Gasteiger partial charge in [-0.3, -0.25) is 14.1 Å². The van der Waals surface area contributed by atoms with Gasteiger partial charge in [0.2, 0.25) is 5.78 Å². The first-order chi connectivity index (χ1) is 15.1. The number of hydrogen-bond acceptors (Lipinski definition) is 6. The Morgan fingerprint density at radius 3 is 2.71 bits per heavy atom. The molecule has 31 heavy (non-hydrogen) atoms. The number of fused-ring (bicyclic) bond motifs is 3. The van der Waals surface area contributed by atoms with Gasteiger partial charge in [0, 0.05) is 25.4 Å². The number of para-hydroxylation sites is 1. The summed E-state index contributed by atoms with van der Waals surface area (Å²) in [7, 11) is 0. The van der Waals surface area contributed by atoms with Crippen molar-refractivity contribution in [3.63, 3.8) is 0 Å². The second kappa shape index (κ2) is 8.45. The van der Waals surface area contributed by atoms with Gasteiger partial charge in [-0.15, -0.1) is 10.2 Å². The molecule has 1 saturated heterocycles. The molecule has 160 valence electrons. The van der Waals surface area contributed by atoms with Crippen LogP contribution in [0.5, 0.6) is 0 Å². The Bertz CT molecular complexity index is 1310. The van der Waals surface area contributed by atoms with E-state index in [9.17, 15) is 4.79 Å². The highest BCUT2D eigenvalue weighted by Gasteiger charge is 2.19. The molecule has 0 saturated carbocycles. The summed E-state index contributed by atoms with van der Waals surface area (Å²) in [6.07, 6.45) is 0. The number of aryl methyl sites for hydroxylation is 2. The fourth-order valence-electron chi connectivity index (χ4n) is 4.04. The van der Waals surface area contributed by atoms with Crippen LogP contribution in [0.2, 0.25) is 0 Å². The van der Waals surface area contributed by atoms with Crippen LogP contribution >= 0.6 is 11.8 Å². The monoisotopic (exact) mass is 435 g/mol. The van der Waals surface area contributed by atoms with Crippen molar-refractivity contribution in [2.45, 2.75) is 19.0 Å². The highest BCUT2D eigenvalue weighted by Crippen LogP contribution is 2.24. The van der Waals surface area contributed by atoms with Gasteiger partial charge in [-0.2, -0.15) is 0 Å². The molecule has 2 aromatic heterocycles. The Labute approximate surface area is 184 Å². The van der Waals surface area contributed by atoms with Crippen LogP contribution in [-0.2, 0) is 4.74 Å². The van der Waals surface area contributed by atoms with E-state index in [0.717, 1.165) is 66.1 Å². The number of rotatable bonds is 5. The van der Waals surface area contributed by atoms with E-state index in [4.69, 9.17) is 4.74 Å². The fourth-order valence-corrected chi connectivity index (χ4v) is 4.98. The highest BCUT2D eigenvalue weighted by atomic mass is 32.2. The molecule has 0 bridgehead atoms. The van der Waals surface area contributed by atoms with E-state index in [1.165, 1.54) is 0 Å². The zero-order chi connectivity index (χ0) is 21.4. The van der Waals surface area contributed by atoms with Gasteiger partial charge in [0.05, 0.1) is 29.8 Å². The van der Waals surface area contributed by atoms with Gasteiger partial charge in [-0.05, 0) is 43.2 Å². The van der Waals surface area contributed by atoms with Crippen molar-refractivity contribution in [3.05, 3.63) is 63.9 Å². The van der Waals surface area contributed by atoms with Gasteiger partial charge in [0.1, 0.15) is 0 Å². The zero-order valence-corrected chi connectivity index (χ0v) is 18.6. The van der Waals surface area contributed by atoms with Crippen LogP contribution in [0.4, 0.5) is 0 Å². The number of nitrogens with zero attached hydrogens (tertiary/aromatic N) is 5. The van der Waals surface area contributed by atoms with Crippen LogP contribution < -0.4 is 5.56 Å². The predicted octanol–water partition coefficient (Wildman–Crippen LogP) is 3.07. The van der Waals surface area contributed by atoms with Crippen LogP contribution in [0.25, 0.3) is 22.4 Å². The minimum atomic E-state index is -0.0749. The van der Waals surface area contributed by atoms with Crippen molar-refractivity contribution in [2.75, 3.05) is 38.6 Å². The molecule has 0 radical (unpaired) electrons. The number of ether oxygens (including phenoxy) is 1. The number of aromatic nitrogens is 4. The second-order valence-corrected chi connectivity index (χ2v) is 8.93. The molecule has 1 fully saturated rings. The topological polar surface area (TPSA) is 64.7 Å². The van der Waals surface area contributed by atoms with Crippen LogP contribution in [0, 0.1) is 13.8 Å². The lowest BCUT2D eigenvalue weighted by atomic mass is 10.1. The lowest BCUT2D eigenvalue weighted by Gasteiger charge is -2.26. The average molecular weight is 436 g/mol. The van der Waals surface area contributed by atoms with Gasteiger partial charge in [0.25, 0.3) is 5.56 Å². The first-order valence-corrected chi connectivity index (χ1v) is 11.5. The molecule has 3 heterocycles. The number of morpholine rings is 1. The van der Waals surface area contributed by atoms with Gasteiger partial charge < -0.3 is 4.74 Å². The molecule has 0 amide bonds. The standard InChI is InChI=1S/C23H25N5O2S/c1-16-7-8-17(2)20(15-16)27-21(29)18-5-3-4-6-19(18)28-22(27)24-25-23(28)31-14-11-26-9-12-30-13-10-26/h3-8,15H,9-14H2,1-2H3. The van der Waals surface area contributed by atoms with Crippen molar-refractivity contribution in [1.82, 2.24) is 24.1 Å². The van der Waals surface area contributed by atoms with Crippen molar-refractivity contribution < 1.29 is 4.74 Å². The van der Waals surface area contributed by atoms with Crippen molar-refractivity contribution in [1.29, 1.82) is 0 Å². The van der Waals surface area contributed by atoms with E-state index in [2.05, 4.69) is 21.2 Å². The summed E-state index contributed by atoms with van der Waals surface area (Å²) in [4.78, 5) is 15.9. The third kappa shape index (κ3) is 3.75. The molecule has 0 unspecified atom stereocenters. The molecule has 1 aliphatic heterocycles. The second-order valence-electron chi connectivity index (χ2n) is 7.87. The molecule has 0 N–H and O–H groups in total. The van der Waals surface area contributed by atoms with E-state index in [0.29, 0.717) is 11.2 Å². The Morgan fingerprint density at radius 2 is 1.87 bits per heavy atom. The third-order valence-electron chi connectivity index (χ3n) is 5.74. The molecular weight excluding hydrogens is 410 g/mol. The maximum Gasteiger partial charge on any atom is 0.267 e. The van der Waals surface area contributed by atoms with Gasteiger partial charge >= 0.3 is 0 Å². The third-order valence-corrected chi connectivity index (χ3v) is 6.65. The van der Waals surface area contributed by atoms with Crippen molar-refractivity contribution >= 4 is 28.4 Å². The molecule has 2 aromatic carbocycles. The Hall–Kier alpha value is -2.68. The summed E-state index contributed by atoms with van der Waals surface area (Å²) in [6, 6.07) is 13.8. The molecule has 4 aromatic rings. The average Bonchev–Trinajstić information content (AvgIpc) is 3.21. The number of thioether (sulfide) groups is 1. The van der Waals surface area contributed by atoms with Crippen LogP contribution in [0.15, 0.2) is 52.4 Å². The molecule has 0 atom stereocenters. The summed E-state index contributed by atoms with van der Waals surface area (Å²) in [5.41, 5.74) is 3.72. The highest BCUT2D eigenvalue weighted by molar-refractivity contribution is 7.99. The fraction of sp³-hybridized carbons (Fsp3) is 0.348. The van der Waals surface area contributed by atoms with Crippen molar-refractivity contribution in [3.8, 4) is 5.69 Å². The summed E-state index contributed by atoms with van der Waals surface area (Å²) in [5.74, 6) is 1.45. The largest absolute Gasteiger partial charge is 0.379 e. The quantitative estimate of drug-likeness (QED) is 0.449. The van der Waals surface area contributed by atoms with E-state index in [-0.39, 0.29) is 5.56 Å². The summed E-state index contributed by atoms with van der Waals surface area (Å²) >= 11 is 1.67. The summed E-state index contributed by atoms with van der Waals surface area (Å²) in [5, 5.41) is 10.4. The number of hydrogen-bond donors (Lipinski definition) is 0. The van der Waals surface area contributed by atoms with Crippen LogP contribution in [0.3, 0.4) is 0 Å². The van der Waals surface area contributed by atoms with E-state index in [1.807, 2.05) is 54.6 Å². The van der Waals surface area contributed by atoms with Gasteiger partial charge in [-0.25, -0.2) is 4.57 Å². The zero-order valence-electron chi connectivity index (χ0n) is 17.7. The van der Waals surface area contributed by atoms with E-state index in [1.54, 1.807) is 16.3 Å². The summed E-state index contributed by atoms with van der Waals surface area (Å²) < 4.78 is 9.15. The maximum atomic E-state index is 13.5. The molecular formula is C23H25N5O2S. The lowest BCUT2D eigenvalue weighted by Crippen LogP contribution is -2.37. The maximum absolute atomic E-state index is 13.5. The number of benzene rings is 2. The van der Waals surface area contributed by atoms with Crippen LogP contribution in [0.1, 0.15) is 11.1 Å². The van der Waals surface area contributed by atoms with Crippen molar-refractivity contribution in [2.24, 2.45) is 0 Å². The molecule has 5 rings (SSSR count). The van der Waals surface area contributed by atoms with E-state index >= 15 is 0 Å². The molecule has 0 spiro atoms.